The van der Waals surface area contributed by atoms with Crippen LogP contribution in [0.15, 0.2) is 42.5 Å². The van der Waals surface area contributed by atoms with E-state index in [2.05, 4.69) is 46.0 Å². The summed E-state index contributed by atoms with van der Waals surface area (Å²) in [4.78, 5) is 24.5. The highest BCUT2D eigenvalue weighted by Crippen LogP contribution is 2.32. The molecule has 194 valence electrons. The van der Waals surface area contributed by atoms with Crippen molar-refractivity contribution in [2.24, 2.45) is 0 Å². The van der Waals surface area contributed by atoms with E-state index in [1.54, 1.807) is 12.1 Å². The first-order valence-corrected chi connectivity index (χ1v) is 13.1. The lowest BCUT2D eigenvalue weighted by Crippen LogP contribution is -2.35. The minimum atomic E-state index is -0.371. The van der Waals surface area contributed by atoms with Crippen LogP contribution in [0.25, 0.3) is 21.9 Å². The van der Waals surface area contributed by atoms with Crippen LogP contribution in [0, 0.1) is 0 Å². The number of carbonyl (C=O) groups excluding carboxylic acids is 1. The number of rotatable bonds is 9. The van der Waals surface area contributed by atoms with Gasteiger partial charge in [0.25, 0.3) is 0 Å². The van der Waals surface area contributed by atoms with Crippen LogP contribution in [0.5, 0.6) is 0 Å². The molecule has 0 atom stereocenters. The normalized spacial score (nSPS) is 14.4. The fourth-order valence-electron chi connectivity index (χ4n) is 5.00. The molecule has 5 rings (SSSR count). The predicted molar refractivity (Wildman–Crippen MR) is 146 cm³/mol. The molecule has 2 aromatic carbocycles. The minimum absolute atomic E-state index is 0.371. The van der Waals surface area contributed by atoms with Gasteiger partial charge in [0, 0.05) is 45.0 Å². The van der Waals surface area contributed by atoms with Crippen molar-refractivity contribution < 1.29 is 14.3 Å². The van der Waals surface area contributed by atoms with E-state index in [4.69, 9.17) is 19.4 Å². The number of aryl methyl sites for hydroxylation is 1. The van der Waals surface area contributed by atoms with Crippen molar-refractivity contribution in [3.05, 3.63) is 65.0 Å². The second kappa shape index (κ2) is 11.3. The summed E-state index contributed by atoms with van der Waals surface area (Å²) < 4.78 is 12.7. The van der Waals surface area contributed by atoms with E-state index in [1.165, 1.54) is 18.2 Å². The largest absolute Gasteiger partial charge is 0.465 e. The van der Waals surface area contributed by atoms with Gasteiger partial charge in [-0.25, -0.2) is 14.8 Å². The topological polar surface area (TPSA) is 81.5 Å². The van der Waals surface area contributed by atoms with Gasteiger partial charge >= 0.3 is 5.97 Å². The molecular formula is C29H35N5O3. The quantitative estimate of drug-likeness (QED) is 0.335. The summed E-state index contributed by atoms with van der Waals surface area (Å²) in [5.41, 5.74) is 5.66. The first-order chi connectivity index (χ1) is 18.1. The van der Waals surface area contributed by atoms with E-state index in [0.29, 0.717) is 17.9 Å². The summed E-state index contributed by atoms with van der Waals surface area (Å²) in [5.74, 6) is 1.39. The van der Waals surface area contributed by atoms with Crippen molar-refractivity contribution in [1.29, 1.82) is 0 Å². The maximum absolute atomic E-state index is 12.2. The number of hydrogen-bond acceptors (Lipinski definition) is 7. The number of imidazole rings is 1. The maximum atomic E-state index is 12.2. The van der Waals surface area contributed by atoms with Gasteiger partial charge in [-0.2, -0.15) is 0 Å². The van der Waals surface area contributed by atoms with Gasteiger partial charge < -0.3 is 19.4 Å². The standard InChI is InChI=1S/C29H35N5O3/c1-4-5-6-25-32-26-27(23-12-11-22(29(35)36-3)17-24(23)31-28(26)30-2)34(25)19-21-9-7-20(8-10-21)18-33-13-15-37-16-14-33/h7-12,17H,4-6,13-16,18-19H2,1-3H3,(H,30,31). The highest BCUT2D eigenvalue weighted by molar-refractivity contribution is 6.08. The number of methoxy groups -OCH3 is 1. The van der Waals surface area contributed by atoms with Crippen LogP contribution < -0.4 is 5.32 Å². The van der Waals surface area contributed by atoms with Crippen LogP contribution in [0.2, 0.25) is 0 Å². The minimum Gasteiger partial charge on any atom is -0.465 e. The van der Waals surface area contributed by atoms with Crippen molar-refractivity contribution in [2.45, 2.75) is 39.3 Å². The van der Waals surface area contributed by atoms with Gasteiger partial charge in [-0.1, -0.05) is 37.6 Å². The molecule has 0 radical (unpaired) electrons. The van der Waals surface area contributed by atoms with E-state index < -0.39 is 0 Å². The monoisotopic (exact) mass is 501 g/mol. The van der Waals surface area contributed by atoms with E-state index in [9.17, 15) is 4.79 Å². The van der Waals surface area contributed by atoms with Crippen LogP contribution in [0.4, 0.5) is 5.82 Å². The lowest BCUT2D eigenvalue weighted by atomic mass is 10.1. The molecule has 1 N–H and O–H groups in total. The second-order valence-corrected chi connectivity index (χ2v) is 9.55. The van der Waals surface area contributed by atoms with Crippen molar-refractivity contribution >= 4 is 33.7 Å². The molecule has 0 bridgehead atoms. The third kappa shape index (κ3) is 5.31. The zero-order valence-electron chi connectivity index (χ0n) is 21.9. The van der Waals surface area contributed by atoms with Crippen molar-refractivity contribution in [2.75, 3.05) is 45.8 Å². The summed E-state index contributed by atoms with van der Waals surface area (Å²) in [6.45, 7) is 7.45. The van der Waals surface area contributed by atoms with Crippen molar-refractivity contribution in [3.8, 4) is 0 Å². The Bertz CT molecular complexity index is 1390. The number of carbonyl (C=O) groups is 1. The molecule has 0 aliphatic carbocycles. The number of hydrogen-bond donors (Lipinski definition) is 1. The number of fused-ring (bicyclic) bond motifs is 3. The fourth-order valence-corrected chi connectivity index (χ4v) is 5.00. The summed E-state index contributed by atoms with van der Waals surface area (Å²) in [5, 5.41) is 4.19. The van der Waals surface area contributed by atoms with Gasteiger partial charge in [-0.3, -0.25) is 4.90 Å². The van der Waals surface area contributed by atoms with Crippen LogP contribution in [0.1, 0.15) is 47.1 Å². The Labute approximate surface area is 217 Å². The lowest BCUT2D eigenvalue weighted by Gasteiger charge is -2.26. The highest BCUT2D eigenvalue weighted by Gasteiger charge is 2.19. The number of nitrogens with one attached hydrogen (secondary N) is 1. The molecule has 0 amide bonds. The van der Waals surface area contributed by atoms with Gasteiger partial charge in [-0.05, 0) is 35.7 Å². The Morgan fingerprint density at radius 1 is 1.05 bits per heavy atom. The Balaban J connectivity index is 1.55. The zero-order valence-corrected chi connectivity index (χ0v) is 21.9. The molecule has 2 aromatic heterocycles. The molecule has 1 aliphatic rings. The molecule has 3 heterocycles. The summed E-state index contributed by atoms with van der Waals surface area (Å²) in [6, 6.07) is 14.5. The van der Waals surface area contributed by atoms with Gasteiger partial charge in [-0.15, -0.1) is 0 Å². The highest BCUT2D eigenvalue weighted by atomic mass is 16.5. The smallest absolute Gasteiger partial charge is 0.337 e. The number of unbranched alkanes of at least 4 members (excludes halogenated alkanes) is 1. The molecule has 4 aromatic rings. The molecular weight excluding hydrogens is 466 g/mol. The van der Waals surface area contributed by atoms with E-state index in [1.807, 2.05) is 13.1 Å². The number of ether oxygens (including phenoxy) is 2. The molecule has 1 aliphatic heterocycles. The molecule has 8 heteroatoms. The summed E-state index contributed by atoms with van der Waals surface area (Å²) in [7, 11) is 3.25. The predicted octanol–water partition coefficient (Wildman–Crippen LogP) is 4.64. The number of nitrogens with zero attached hydrogens (tertiary/aromatic N) is 4. The van der Waals surface area contributed by atoms with Gasteiger partial charge in [0.05, 0.1) is 36.9 Å². The number of esters is 1. The van der Waals surface area contributed by atoms with Crippen LogP contribution in [-0.4, -0.2) is 65.9 Å². The van der Waals surface area contributed by atoms with Crippen LogP contribution >= 0.6 is 0 Å². The molecule has 1 saturated heterocycles. The number of morpholine rings is 1. The SMILES string of the molecule is CCCCc1nc2c(NC)nc3cc(C(=O)OC)ccc3c2n1Cc1ccc(CN2CCOCC2)cc1. The number of anilines is 1. The number of pyridine rings is 1. The lowest BCUT2D eigenvalue weighted by molar-refractivity contribution is 0.0342. The number of benzene rings is 2. The third-order valence-corrected chi connectivity index (χ3v) is 7.04. The Morgan fingerprint density at radius 2 is 1.78 bits per heavy atom. The molecule has 0 saturated carbocycles. The third-order valence-electron chi connectivity index (χ3n) is 7.04. The Morgan fingerprint density at radius 3 is 2.46 bits per heavy atom. The maximum Gasteiger partial charge on any atom is 0.337 e. The van der Waals surface area contributed by atoms with E-state index >= 15 is 0 Å². The Kier molecular flexibility index (Phi) is 7.67. The molecule has 8 nitrogen and oxygen atoms in total. The van der Waals surface area contributed by atoms with Crippen molar-refractivity contribution in [3.63, 3.8) is 0 Å². The first-order valence-electron chi connectivity index (χ1n) is 13.1. The second-order valence-electron chi connectivity index (χ2n) is 9.55. The van der Waals surface area contributed by atoms with E-state index in [0.717, 1.165) is 79.9 Å². The number of aromatic nitrogens is 3. The van der Waals surface area contributed by atoms with E-state index in [-0.39, 0.29) is 5.97 Å². The molecule has 0 spiro atoms. The molecule has 0 unspecified atom stereocenters. The molecule has 37 heavy (non-hydrogen) atoms. The van der Waals surface area contributed by atoms with Crippen LogP contribution in [-0.2, 0) is 29.0 Å². The zero-order chi connectivity index (χ0) is 25.8. The van der Waals surface area contributed by atoms with Gasteiger partial charge in [0.1, 0.15) is 11.3 Å². The summed E-state index contributed by atoms with van der Waals surface area (Å²) >= 11 is 0. The average molecular weight is 502 g/mol. The average Bonchev–Trinajstić information content (AvgIpc) is 3.30. The fraction of sp³-hybridized carbons (Fsp3) is 0.414. The Hall–Kier alpha value is -3.49. The van der Waals surface area contributed by atoms with Gasteiger partial charge in [0.2, 0.25) is 0 Å². The van der Waals surface area contributed by atoms with Crippen molar-refractivity contribution in [1.82, 2.24) is 19.4 Å². The molecule has 1 fully saturated rings. The first kappa shape index (κ1) is 25.2. The van der Waals surface area contributed by atoms with Crippen LogP contribution in [0.3, 0.4) is 0 Å². The summed E-state index contributed by atoms with van der Waals surface area (Å²) in [6.07, 6.45) is 3.06. The van der Waals surface area contributed by atoms with Gasteiger partial charge in [0.15, 0.2) is 5.82 Å².